The Labute approximate surface area is 179 Å². The van der Waals surface area contributed by atoms with E-state index in [-0.39, 0.29) is 0 Å². The van der Waals surface area contributed by atoms with E-state index in [9.17, 15) is 5.11 Å². The van der Waals surface area contributed by atoms with Gasteiger partial charge in [0.25, 0.3) is 0 Å². The highest BCUT2D eigenvalue weighted by Crippen LogP contribution is 2.31. The van der Waals surface area contributed by atoms with Gasteiger partial charge in [0.15, 0.2) is 0 Å². The topological polar surface area (TPSA) is 37.2 Å². The van der Waals surface area contributed by atoms with Crippen molar-refractivity contribution in [1.29, 1.82) is 0 Å². The minimum absolute atomic E-state index is 0.479. The van der Waals surface area contributed by atoms with Gasteiger partial charge < -0.3 is 15.0 Å². The molecular weight excluding hydrogens is 550 g/mol. The van der Waals surface area contributed by atoms with E-state index in [0.29, 0.717) is 13.1 Å². The predicted molar refractivity (Wildman–Crippen MR) is 126 cm³/mol. The number of benzene rings is 3. The molecule has 1 heterocycles. The van der Waals surface area contributed by atoms with E-state index in [1.807, 2.05) is 30.3 Å². The second-order valence-electron chi connectivity index (χ2n) is 6.33. The number of nitrogens with one attached hydrogen (secondary N) is 1. The lowest BCUT2D eigenvalue weighted by molar-refractivity contribution is 0.169. The molecule has 0 unspecified atom stereocenters. The molecule has 0 fully saturated rings. The summed E-state index contributed by atoms with van der Waals surface area (Å²) in [6, 6.07) is 23.0. The maximum absolute atomic E-state index is 10.6. The van der Waals surface area contributed by atoms with Gasteiger partial charge in [0.05, 0.1) is 12.6 Å². The molecule has 0 aliphatic carbocycles. The quantitative estimate of drug-likeness (QED) is 0.314. The third-order valence-corrected chi connectivity index (χ3v) is 5.84. The summed E-state index contributed by atoms with van der Waals surface area (Å²) < 4.78 is 4.67. The van der Waals surface area contributed by atoms with Gasteiger partial charge in [-0.15, -0.1) is 0 Å². The molecule has 0 aliphatic rings. The number of aliphatic hydroxyl groups is 1. The minimum atomic E-state index is -0.479. The van der Waals surface area contributed by atoms with Crippen LogP contribution in [0.5, 0.6) is 0 Å². The Morgan fingerprint density at radius 1 is 0.846 bits per heavy atom. The first-order chi connectivity index (χ1) is 12.6. The van der Waals surface area contributed by atoms with Crippen LogP contribution in [0.2, 0.25) is 0 Å². The van der Waals surface area contributed by atoms with E-state index in [1.54, 1.807) is 0 Å². The van der Waals surface area contributed by atoms with E-state index < -0.39 is 6.10 Å². The minimum Gasteiger partial charge on any atom is -0.389 e. The molecule has 4 rings (SSSR count). The zero-order valence-corrected chi connectivity index (χ0v) is 18.3. The van der Waals surface area contributed by atoms with Gasteiger partial charge in [-0.25, -0.2) is 0 Å². The highest BCUT2D eigenvalue weighted by molar-refractivity contribution is 14.1. The normalized spacial score (nSPS) is 12.6. The summed E-state index contributed by atoms with van der Waals surface area (Å²) in [5, 5.41) is 16.4. The Morgan fingerprint density at radius 2 is 1.42 bits per heavy atom. The number of nitrogens with zero attached hydrogens (tertiary/aromatic N) is 1. The molecule has 4 aromatic rings. The molecule has 0 saturated heterocycles. The number of hydrogen-bond acceptors (Lipinski definition) is 2. The molecule has 3 aromatic carbocycles. The summed E-state index contributed by atoms with van der Waals surface area (Å²) in [5.74, 6) is 0. The standard InChI is InChI=1S/C21H18I2N2O/c22-14-6-8-20-18(10-14)19-11-15(23)7-9-21(19)25(20)13-17(26)12-24-16-4-2-1-3-5-16/h1-11,17,24,26H,12-13H2/t17-/m0/s1. The van der Waals surface area contributed by atoms with Crippen LogP contribution in [0, 0.1) is 7.14 Å². The van der Waals surface area contributed by atoms with Crippen molar-refractivity contribution in [2.75, 3.05) is 11.9 Å². The number of halogens is 2. The average molecular weight is 568 g/mol. The molecular formula is C21H18I2N2O. The van der Waals surface area contributed by atoms with Crippen LogP contribution in [0.4, 0.5) is 5.69 Å². The van der Waals surface area contributed by atoms with Crippen LogP contribution in [0.1, 0.15) is 0 Å². The summed E-state index contributed by atoms with van der Waals surface area (Å²) in [6.07, 6.45) is -0.479. The third-order valence-electron chi connectivity index (χ3n) is 4.50. The molecule has 0 spiro atoms. The Bertz CT molecular complexity index is 1000. The second kappa shape index (κ2) is 7.74. The largest absolute Gasteiger partial charge is 0.389 e. The smallest absolute Gasteiger partial charge is 0.0891 e. The van der Waals surface area contributed by atoms with Crippen molar-refractivity contribution in [3.05, 3.63) is 73.9 Å². The van der Waals surface area contributed by atoms with Gasteiger partial charge >= 0.3 is 0 Å². The number of aromatic nitrogens is 1. The van der Waals surface area contributed by atoms with Gasteiger partial charge in [0, 0.05) is 41.2 Å². The molecule has 26 heavy (non-hydrogen) atoms. The highest BCUT2D eigenvalue weighted by atomic mass is 127. The molecule has 0 aliphatic heterocycles. The molecule has 3 nitrogen and oxygen atoms in total. The van der Waals surface area contributed by atoms with Crippen LogP contribution >= 0.6 is 45.2 Å². The molecule has 0 bridgehead atoms. The number of rotatable bonds is 5. The van der Waals surface area contributed by atoms with Gasteiger partial charge in [0.1, 0.15) is 0 Å². The van der Waals surface area contributed by atoms with Gasteiger partial charge in [-0.3, -0.25) is 0 Å². The molecule has 132 valence electrons. The first kappa shape index (κ1) is 18.1. The first-order valence-corrected chi connectivity index (χ1v) is 10.6. The van der Waals surface area contributed by atoms with Crippen molar-refractivity contribution >= 4 is 72.7 Å². The third kappa shape index (κ3) is 3.70. The maximum Gasteiger partial charge on any atom is 0.0891 e. The summed E-state index contributed by atoms with van der Waals surface area (Å²) in [6.45, 7) is 1.07. The van der Waals surface area contributed by atoms with Crippen molar-refractivity contribution in [3.8, 4) is 0 Å². The Hall–Kier alpha value is -1.32. The van der Waals surface area contributed by atoms with E-state index >= 15 is 0 Å². The Kier molecular flexibility index (Phi) is 5.37. The number of fused-ring (bicyclic) bond motifs is 3. The maximum atomic E-state index is 10.6. The summed E-state index contributed by atoms with van der Waals surface area (Å²) >= 11 is 4.71. The van der Waals surface area contributed by atoms with Crippen LogP contribution in [0.25, 0.3) is 21.8 Å². The molecule has 2 N–H and O–H groups in total. The number of para-hydroxylation sites is 1. The highest BCUT2D eigenvalue weighted by Gasteiger charge is 2.14. The predicted octanol–water partition coefficient (Wildman–Crippen LogP) is 5.48. The number of hydrogen-bond donors (Lipinski definition) is 2. The second-order valence-corrected chi connectivity index (χ2v) is 8.83. The first-order valence-electron chi connectivity index (χ1n) is 8.46. The zero-order valence-electron chi connectivity index (χ0n) is 14.0. The lowest BCUT2D eigenvalue weighted by Crippen LogP contribution is -2.24. The van der Waals surface area contributed by atoms with Crippen LogP contribution in [0.15, 0.2) is 66.7 Å². The Balaban J connectivity index is 1.66. The van der Waals surface area contributed by atoms with Crippen molar-refractivity contribution in [2.45, 2.75) is 12.6 Å². The Morgan fingerprint density at radius 3 is 2.00 bits per heavy atom. The van der Waals surface area contributed by atoms with Gasteiger partial charge in [0.2, 0.25) is 0 Å². The van der Waals surface area contributed by atoms with E-state index in [0.717, 1.165) is 5.69 Å². The monoisotopic (exact) mass is 568 g/mol. The van der Waals surface area contributed by atoms with Crippen LogP contribution in [0.3, 0.4) is 0 Å². The van der Waals surface area contributed by atoms with Gasteiger partial charge in [-0.2, -0.15) is 0 Å². The van der Waals surface area contributed by atoms with Gasteiger partial charge in [-0.1, -0.05) is 18.2 Å². The van der Waals surface area contributed by atoms with Crippen molar-refractivity contribution in [1.82, 2.24) is 4.57 Å². The van der Waals surface area contributed by atoms with Gasteiger partial charge in [-0.05, 0) is 93.7 Å². The van der Waals surface area contributed by atoms with E-state index in [4.69, 9.17) is 0 Å². The molecule has 0 amide bonds. The fourth-order valence-corrected chi connectivity index (χ4v) is 4.29. The van der Waals surface area contributed by atoms with E-state index in [2.05, 4.69) is 91.5 Å². The zero-order chi connectivity index (χ0) is 18.1. The number of aliphatic hydroxyl groups excluding tert-OH is 1. The summed E-state index contributed by atoms with van der Waals surface area (Å²) in [5.41, 5.74) is 3.36. The van der Waals surface area contributed by atoms with Crippen molar-refractivity contribution in [3.63, 3.8) is 0 Å². The fourth-order valence-electron chi connectivity index (χ4n) is 3.31. The average Bonchev–Trinajstić information content (AvgIpc) is 2.93. The molecule has 0 radical (unpaired) electrons. The lowest BCUT2D eigenvalue weighted by atomic mass is 10.2. The van der Waals surface area contributed by atoms with Crippen molar-refractivity contribution in [2.24, 2.45) is 0 Å². The number of anilines is 1. The SMILES string of the molecule is O[C@@H](CNc1ccccc1)Cn1c2ccc(I)cc2c2cc(I)ccc21. The van der Waals surface area contributed by atoms with Crippen LogP contribution in [-0.2, 0) is 6.54 Å². The molecule has 1 aromatic heterocycles. The lowest BCUT2D eigenvalue weighted by Gasteiger charge is -2.15. The van der Waals surface area contributed by atoms with Crippen LogP contribution in [-0.4, -0.2) is 22.3 Å². The summed E-state index contributed by atoms with van der Waals surface area (Å²) in [4.78, 5) is 0. The van der Waals surface area contributed by atoms with Crippen LogP contribution < -0.4 is 5.32 Å². The van der Waals surface area contributed by atoms with E-state index in [1.165, 1.54) is 28.9 Å². The molecule has 0 saturated carbocycles. The fraction of sp³-hybridized carbons (Fsp3) is 0.143. The summed E-state index contributed by atoms with van der Waals surface area (Å²) in [7, 11) is 0. The van der Waals surface area contributed by atoms with Crippen molar-refractivity contribution < 1.29 is 5.11 Å². The molecule has 5 heteroatoms. The molecule has 1 atom stereocenters.